The fourth-order valence-corrected chi connectivity index (χ4v) is 9.61. The minimum absolute atomic E-state index is 0.112. The van der Waals surface area contributed by atoms with Crippen molar-refractivity contribution in [3.8, 4) is 0 Å². The molecule has 0 saturated carbocycles. The number of ether oxygens (including phenoxy) is 3. The molecule has 11 heteroatoms. The molecule has 1 amide bonds. The normalized spacial score (nSPS) is 19.4. The molecule has 11 nitrogen and oxygen atoms in total. The maximum absolute atomic E-state index is 13.4. The Hall–Kier alpha value is -3.16. The van der Waals surface area contributed by atoms with E-state index in [-0.39, 0.29) is 19.4 Å². The van der Waals surface area contributed by atoms with Crippen LogP contribution in [-0.2, 0) is 23.8 Å². The first kappa shape index (κ1) is 73.9. The summed E-state index contributed by atoms with van der Waals surface area (Å²) in [4.78, 5) is 26.6. The van der Waals surface area contributed by atoms with E-state index in [0.29, 0.717) is 12.8 Å². The predicted molar refractivity (Wildman–Crippen MR) is 329 cm³/mol. The Kier molecular flexibility index (Phi) is 51.8. The number of allylic oxidation sites excluding steroid dienone is 13. The molecule has 1 fully saturated rings. The van der Waals surface area contributed by atoms with Crippen molar-refractivity contribution in [2.45, 2.75) is 320 Å². The standard InChI is InChI=1S/C68H119NO10/c1-4-7-10-13-16-19-22-25-27-29-31-33-35-38-41-44-47-50-53-56-63(73)79-66-65(75)64(74)62(57-70)78-68(66)77-58-59(60(71)54-51-48-45-42-39-36-24-21-18-15-12-9-6-3)69-67(76)61(72)55-52-49-46-43-40-37-34-32-30-28-26-23-20-17-14-11-8-5-2/h16-17,19-20,25-28,32,34,40,43,51,54,59-62,64-66,68,70-72,74-75H,4-15,18,21-24,29-31,33,35-39,41-42,44-50,52-53,55-58H2,1-3H3,(H,69,76)/b19-16-,20-17-,27-25-,28-26-,34-32-,43-40-,54-51+. The average molecular weight is 1110 g/mol. The van der Waals surface area contributed by atoms with Crippen molar-refractivity contribution in [3.05, 3.63) is 85.1 Å². The molecule has 0 aromatic heterocycles. The third-order valence-corrected chi connectivity index (χ3v) is 14.8. The number of amides is 1. The number of rotatable bonds is 54. The van der Waals surface area contributed by atoms with Gasteiger partial charge in [0.2, 0.25) is 5.91 Å². The van der Waals surface area contributed by atoms with E-state index in [1.54, 1.807) is 6.08 Å². The summed E-state index contributed by atoms with van der Waals surface area (Å²) in [6, 6.07) is -1.05. The predicted octanol–water partition coefficient (Wildman–Crippen LogP) is 15.7. The van der Waals surface area contributed by atoms with Gasteiger partial charge in [0.05, 0.1) is 25.4 Å². The van der Waals surface area contributed by atoms with Crippen LogP contribution in [0.15, 0.2) is 85.1 Å². The van der Waals surface area contributed by atoms with Crippen molar-refractivity contribution >= 4 is 11.9 Å². The molecule has 0 spiro atoms. The Balaban J connectivity index is 2.70. The van der Waals surface area contributed by atoms with Gasteiger partial charge >= 0.3 is 5.97 Å². The highest BCUT2D eigenvalue weighted by atomic mass is 16.7. The van der Waals surface area contributed by atoms with Crippen LogP contribution in [0.25, 0.3) is 0 Å². The minimum Gasteiger partial charge on any atom is -0.454 e. The maximum Gasteiger partial charge on any atom is 0.306 e. The number of aliphatic hydroxyl groups excluding tert-OH is 5. The van der Waals surface area contributed by atoms with E-state index < -0.39 is 67.4 Å². The Morgan fingerprint density at radius 1 is 0.494 bits per heavy atom. The Morgan fingerprint density at radius 3 is 1.33 bits per heavy atom. The van der Waals surface area contributed by atoms with Crippen LogP contribution in [0.5, 0.6) is 0 Å². The van der Waals surface area contributed by atoms with E-state index in [1.807, 2.05) is 6.08 Å². The van der Waals surface area contributed by atoms with E-state index in [9.17, 15) is 35.1 Å². The van der Waals surface area contributed by atoms with E-state index in [4.69, 9.17) is 14.2 Å². The number of carbonyl (C=O) groups is 2. The van der Waals surface area contributed by atoms with Gasteiger partial charge in [0.15, 0.2) is 12.4 Å². The summed E-state index contributed by atoms with van der Waals surface area (Å²) in [5, 5.41) is 57.0. The Morgan fingerprint density at radius 2 is 0.873 bits per heavy atom. The summed E-state index contributed by atoms with van der Waals surface area (Å²) in [5.41, 5.74) is 0. The lowest BCUT2D eigenvalue weighted by Crippen LogP contribution is -2.61. The second-order valence-corrected chi connectivity index (χ2v) is 22.1. The summed E-state index contributed by atoms with van der Waals surface area (Å²) >= 11 is 0. The molecule has 1 rings (SSSR count). The van der Waals surface area contributed by atoms with Gasteiger partial charge in [-0.2, -0.15) is 0 Å². The monoisotopic (exact) mass is 1110 g/mol. The number of aliphatic hydroxyl groups is 5. The molecule has 8 atom stereocenters. The summed E-state index contributed by atoms with van der Waals surface area (Å²) in [5.74, 6) is -1.23. The maximum atomic E-state index is 13.4. The average Bonchev–Trinajstić information content (AvgIpc) is 3.49. The van der Waals surface area contributed by atoms with Crippen LogP contribution in [-0.4, -0.2) is 99.6 Å². The first-order valence-electron chi connectivity index (χ1n) is 32.4. The van der Waals surface area contributed by atoms with Crippen molar-refractivity contribution in [3.63, 3.8) is 0 Å². The zero-order valence-electron chi connectivity index (χ0n) is 50.5. The van der Waals surface area contributed by atoms with Gasteiger partial charge in [-0.25, -0.2) is 0 Å². The molecule has 0 aromatic rings. The van der Waals surface area contributed by atoms with Crippen LogP contribution in [0.3, 0.4) is 0 Å². The van der Waals surface area contributed by atoms with Crippen molar-refractivity contribution in [1.29, 1.82) is 0 Å². The SMILES string of the molecule is CCCCC/C=C\C/C=C\C/C=C\C/C=C\CCCCC(O)C(=O)NC(COC1OC(CO)C(O)C(O)C1OC(=O)CCCCCCCCCCC/C=C\C/C=C\CCCCC)C(O)/C=C/CCCCCCCCCCCCC. The highest BCUT2D eigenvalue weighted by Gasteiger charge is 2.47. The van der Waals surface area contributed by atoms with Gasteiger partial charge in [-0.15, -0.1) is 0 Å². The molecular weight excluding hydrogens is 991 g/mol. The second kappa shape index (κ2) is 55.4. The fraction of sp³-hybridized carbons (Fsp3) is 0.765. The van der Waals surface area contributed by atoms with Gasteiger partial charge in [-0.1, -0.05) is 247 Å². The molecule has 0 bridgehead atoms. The lowest BCUT2D eigenvalue weighted by Gasteiger charge is -2.41. The van der Waals surface area contributed by atoms with Crippen LogP contribution in [0.1, 0.15) is 271 Å². The number of hydrogen-bond acceptors (Lipinski definition) is 10. The largest absolute Gasteiger partial charge is 0.454 e. The van der Waals surface area contributed by atoms with Gasteiger partial charge < -0.3 is 45.1 Å². The van der Waals surface area contributed by atoms with Crippen LogP contribution < -0.4 is 5.32 Å². The van der Waals surface area contributed by atoms with E-state index >= 15 is 0 Å². The van der Waals surface area contributed by atoms with Crippen LogP contribution in [0.2, 0.25) is 0 Å². The van der Waals surface area contributed by atoms with Crippen molar-refractivity contribution in [1.82, 2.24) is 5.32 Å². The quantitative estimate of drug-likeness (QED) is 0.0195. The van der Waals surface area contributed by atoms with Gasteiger partial charge in [-0.05, 0) is 103 Å². The molecule has 1 aliphatic rings. The smallest absolute Gasteiger partial charge is 0.306 e. The highest BCUT2D eigenvalue weighted by molar-refractivity contribution is 5.80. The number of hydrogen-bond donors (Lipinski definition) is 6. The van der Waals surface area contributed by atoms with Crippen LogP contribution >= 0.6 is 0 Å². The molecule has 79 heavy (non-hydrogen) atoms. The first-order valence-corrected chi connectivity index (χ1v) is 32.4. The highest BCUT2D eigenvalue weighted by Crippen LogP contribution is 2.26. The molecule has 1 heterocycles. The van der Waals surface area contributed by atoms with Crippen LogP contribution in [0.4, 0.5) is 0 Å². The first-order chi connectivity index (χ1) is 38.7. The molecule has 1 aliphatic heterocycles. The third-order valence-electron chi connectivity index (χ3n) is 14.8. The number of carbonyl (C=O) groups excluding carboxylic acids is 2. The molecule has 1 saturated heterocycles. The van der Waals surface area contributed by atoms with Gasteiger partial charge in [0.1, 0.15) is 24.4 Å². The van der Waals surface area contributed by atoms with Crippen molar-refractivity contribution < 1.29 is 49.3 Å². The second-order valence-electron chi connectivity index (χ2n) is 22.1. The summed E-state index contributed by atoms with van der Waals surface area (Å²) in [6.07, 6.45) is 61.8. The van der Waals surface area contributed by atoms with Gasteiger partial charge in [-0.3, -0.25) is 9.59 Å². The number of esters is 1. The Labute approximate surface area is 483 Å². The Bertz CT molecular complexity index is 1610. The molecule has 0 radical (unpaired) electrons. The van der Waals surface area contributed by atoms with E-state index in [1.165, 1.54) is 128 Å². The summed E-state index contributed by atoms with van der Waals surface area (Å²) in [6.45, 7) is 5.72. The fourth-order valence-electron chi connectivity index (χ4n) is 9.61. The van der Waals surface area contributed by atoms with Gasteiger partial charge in [0, 0.05) is 6.42 Å². The lowest BCUT2D eigenvalue weighted by atomic mass is 9.99. The minimum atomic E-state index is -1.63. The molecule has 0 aliphatic carbocycles. The molecule has 8 unspecified atom stereocenters. The zero-order chi connectivity index (χ0) is 57.5. The van der Waals surface area contributed by atoms with Gasteiger partial charge in [0.25, 0.3) is 0 Å². The number of unbranched alkanes of at least 4 members (excludes halogenated alkanes) is 28. The molecule has 456 valence electrons. The molecular formula is C68H119NO10. The van der Waals surface area contributed by atoms with Crippen LogP contribution in [0, 0.1) is 0 Å². The van der Waals surface area contributed by atoms with Crippen molar-refractivity contribution in [2.75, 3.05) is 13.2 Å². The summed E-state index contributed by atoms with van der Waals surface area (Å²) < 4.78 is 17.6. The zero-order valence-corrected chi connectivity index (χ0v) is 50.5. The van der Waals surface area contributed by atoms with Crippen molar-refractivity contribution in [2.24, 2.45) is 0 Å². The molecule has 0 aromatic carbocycles. The molecule has 6 N–H and O–H groups in total. The topological polar surface area (TPSA) is 175 Å². The third kappa shape index (κ3) is 43.2. The summed E-state index contributed by atoms with van der Waals surface area (Å²) in [7, 11) is 0. The lowest BCUT2D eigenvalue weighted by molar-refractivity contribution is -0.305. The number of nitrogens with one attached hydrogen (secondary N) is 1. The van der Waals surface area contributed by atoms with E-state index in [0.717, 1.165) is 96.3 Å². The van der Waals surface area contributed by atoms with E-state index in [2.05, 4.69) is 99.0 Å².